The quantitative estimate of drug-likeness (QED) is 0.743. The zero-order chi connectivity index (χ0) is 10.7. The van der Waals surface area contributed by atoms with Crippen molar-refractivity contribution in [2.45, 2.75) is 32.6 Å². The number of hydrogen-bond acceptors (Lipinski definition) is 3. The molecule has 2 rings (SSSR count). The number of nitrogens with zero attached hydrogens (tertiary/aromatic N) is 2. The van der Waals surface area contributed by atoms with Gasteiger partial charge in [-0.3, -0.25) is 0 Å². The van der Waals surface area contributed by atoms with E-state index in [-0.39, 0.29) is 0 Å². The summed E-state index contributed by atoms with van der Waals surface area (Å²) in [4.78, 5) is 8.61. The highest BCUT2D eigenvalue weighted by Crippen LogP contribution is 2.30. The largest absolute Gasteiger partial charge is 0.493 e. The van der Waals surface area contributed by atoms with Gasteiger partial charge < -0.3 is 4.74 Å². The summed E-state index contributed by atoms with van der Waals surface area (Å²) in [6.07, 6.45) is 8.82. The Labute approximate surface area is 90.2 Å². The normalized spacial score (nSPS) is 16.0. The van der Waals surface area contributed by atoms with Crippen LogP contribution in [0, 0.1) is 6.92 Å². The van der Waals surface area contributed by atoms with Crippen LogP contribution in [0.25, 0.3) is 5.57 Å². The van der Waals surface area contributed by atoms with Crippen LogP contribution in [0.2, 0.25) is 0 Å². The summed E-state index contributed by atoms with van der Waals surface area (Å²) < 4.78 is 5.29. The van der Waals surface area contributed by atoms with Gasteiger partial charge in [0.2, 0.25) is 0 Å². The predicted molar refractivity (Wildman–Crippen MR) is 59.8 cm³/mol. The van der Waals surface area contributed by atoms with Crippen LogP contribution in [0.3, 0.4) is 0 Å². The Balaban J connectivity index is 2.40. The molecule has 0 fully saturated rings. The highest BCUT2D eigenvalue weighted by molar-refractivity contribution is 5.67. The Hall–Kier alpha value is -1.38. The van der Waals surface area contributed by atoms with Crippen LogP contribution in [0.4, 0.5) is 0 Å². The van der Waals surface area contributed by atoms with Crippen molar-refractivity contribution >= 4 is 5.57 Å². The van der Waals surface area contributed by atoms with E-state index in [9.17, 15) is 0 Å². The number of allylic oxidation sites excluding steroid dienone is 2. The third kappa shape index (κ3) is 2.17. The molecule has 0 N–H and O–H groups in total. The summed E-state index contributed by atoms with van der Waals surface area (Å²) in [5, 5.41) is 0. The number of methoxy groups -OCH3 is 1. The molecule has 0 unspecified atom stereocenters. The van der Waals surface area contributed by atoms with E-state index in [0.29, 0.717) is 0 Å². The summed E-state index contributed by atoms with van der Waals surface area (Å²) in [6.45, 7) is 1.91. The first kappa shape index (κ1) is 10.1. The minimum absolute atomic E-state index is 0.786. The Morgan fingerprint density at radius 1 is 1.33 bits per heavy atom. The fourth-order valence-corrected chi connectivity index (χ4v) is 1.89. The first-order valence-corrected chi connectivity index (χ1v) is 5.38. The Kier molecular flexibility index (Phi) is 2.99. The second-order valence-electron chi connectivity index (χ2n) is 3.81. The van der Waals surface area contributed by atoms with Crippen LogP contribution in [0.1, 0.15) is 37.2 Å². The number of aryl methyl sites for hydroxylation is 1. The summed E-state index contributed by atoms with van der Waals surface area (Å²) in [5.41, 5.74) is 2.29. The number of hydrogen-bond donors (Lipinski definition) is 0. The number of ether oxygens (including phenoxy) is 1. The van der Waals surface area contributed by atoms with Gasteiger partial charge in [0.1, 0.15) is 11.5 Å². The van der Waals surface area contributed by atoms with Crippen LogP contribution >= 0.6 is 0 Å². The van der Waals surface area contributed by atoms with Crippen molar-refractivity contribution in [2.24, 2.45) is 0 Å². The van der Waals surface area contributed by atoms with Gasteiger partial charge in [-0.25, -0.2) is 9.97 Å². The number of rotatable bonds is 2. The molecule has 0 atom stereocenters. The average molecular weight is 204 g/mol. The molecule has 0 amide bonds. The van der Waals surface area contributed by atoms with Crippen molar-refractivity contribution < 1.29 is 4.74 Å². The van der Waals surface area contributed by atoms with Crippen molar-refractivity contribution in [1.82, 2.24) is 9.97 Å². The molecule has 0 bridgehead atoms. The third-order valence-corrected chi connectivity index (χ3v) is 2.69. The van der Waals surface area contributed by atoms with Crippen LogP contribution in [-0.2, 0) is 0 Å². The summed E-state index contributed by atoms with van der Waals surface area (Å²) in [5.74, 6) is 1.59. The van der Waals surface area contributed by atoms with E-state index in [1.165, 1.54) is 18.4 Å². The lowest BCUT2D eigenvalue weighted by Gasteiger charge is -2.14. The van der Waals surface area contributed by atoms with Gasteiger partial charge in [-0.05, 0) is 38.2 Å². The lowest BCUT2D eigenvalue weighted by Crippen LogP contribution is -2.01. The van der Waals surface area contributed by atoms with Gasteiger partial charge in [0.05, 0.1) is 13.3 Å². The molecule has 3 nitrogen and oxygen atoms in total. The van der Waals surface area contributed by atoms with Gasteiger partial charge in [0, 0.05) is 0 Å². The molecular formula is C12H16N2O. The molecule has 80 valence electrons. The van der Waals surface area contributed by atoms with Crippen LogP contribution in [0.15, 0.2) is 12.3 Å². The summed E-state index contributed by atoms with van der Waals surface area (Å²) in [6, 6.07) is 0. The van der Waals surface area contributed by atoms with Gasteiger partial charge in [0.25, 0.3) is 0 Å². The molecule has 15 heavy (non-hydrogen) atoms. The molecule has 1 aliphatic carbocycles. The standard InChI is InChI=1S/C12H16N2O/c1-9-13-8-11(15-2)12(14-9)10-6-4-3-5-7-10/h6,8H,3-5,7H2,1-2H3. The molecule has 3 heteroatoms. The molecule has 0 spiro atoms. The SMILES string of the molecule is COc1cnc(C)nc1C1=CCCCC1. The summed E-state index contributed by atoms with van der Waals surface area (Å²) >= 11 is 0. The van der Waals surface area contributed by atoms with Gasteiger partial charge in [-0.15, -0.1) is 0 Å². The summed E-state index contributed by atoms with van der Waals surface area (Å²) in [7, 11) is 1.67. The second-order valence-corrected chi connectivity index (χ2v) is 3.81. The number of aromatic nitrogens is 2. The van der Waals surface area contributed by atoms with Crippen LogP contribution in [0.5, 0.6) is 5.75 Å². The minimum atomic E-state index is 0.786. The van der Waals surface area contributed by atoms with Crippen molar-refractivity contribution in [3.8, 4) is 5.75 Å². The van der Waals surface area contributed by atoms with Gasteiger partial charge in [-0.2, -0.15) is 0 Å². The third-order valence-electron chi connectivity index (χ3n) is 2.69. The first-order valence-electron chi connectivity index (χ1n) is 5.38. The monoisotopic (exact) mass is 204 g/mol. The second kappa shape index (κ2) is 4.43. The van der Waals surface area contributed by atoms with E-state index in [1.54, 1.807) is 13.3 Å². The zero-order valence-corrected chi connectivity index (χ0v) is 9.29. The molecule has 0 aliphatic heterocycles. The maximum Gasteiger partial charge on any atom is 0.163 e. The van der Waals surface area contributed by atoms with E-state index in [1.807, 2.05) is 6.92 Å². The molecule has 0 saturated carbocycles. The Morgan fingerprint density at radius 3 is 2.87 bits per heavy atom. The zero-order valence-electron chi connectivity index (χ0n) is 9.29. The van der Waals surface area contributed by atoms with Gasteiger partial charge in [0.15, 0.2) is 5.75 Å². The maximum absolute atomic E-state index is 5.29. The average Bonchev–Trinajstić information content (AvgIpc) is 2.30. The van der Waals surface area contributed by atoms with Crippen LogP contribution < -0.4 is 4.74 Å². The lowest BCUT2D eigenvalue weighted by atomic mass is 9.96. The Morgan fingerprint density at radius 2 is 2.20 bits per heavy atom. The van der Waals surface area contributed by atoms with Gasteiger partial charge in [-0.1, -0.05) is 6.08 Å². The fraction of sp³-hybridized carbons (Fsp3) is 0.500. The molecule has 1 heterocycles. The van der Waals surface area contributed by atoms with Crippen molar-refractivity contribution in [2.75, 3.05) is 7.11 Å². The van der Waals surface area contributed by atoms with E-state index in [4.69, 9.17) is 4.74 Å². The van der Waals surface area contributed by atoms with Gasteiger partial charge >= 0.3 is 0 Å². The van der Waals surface area contributed by atoms with Crippen molar-refractivity contribution in [1.29, 1.82) is 0 Å². The van der Waals surface area contributed by atoms with Crippen molar-refractivity contribution in [3.05, 3.63) is 23.8 Å². The fourth-order valence-electron chi connectivity index (χ4n) is 1.89. The highest BCUT2D eigenvalue weighted by Gasteiger charge is 2.13. The Bertz CT molecular complexity index is 385. The molecule has 0 aromatic carbocycles. The maximum atomic E-state index is 5.29. The topological polar surface area (TPSA) is 35.0 Å². The minimum Gasteiger partial charge on any atom is -0.493 e. The van der Waals surface area contributed by atoms with Crippen molar-refractivity contribution in [3.63, 3.8) is 0 Å². The van der Waals surface area contributed by atoms with E-state index >= 15 is 0 Å². The molecular weight excluding hydrogens is 188 g/mol. The molecule has 0 saturated heterocycles. The smallest absolute Gasteiger partial charge is 0.163 e. The van der Waals surface area contributed by atoms with E-state index in [2.05, 4.69) is 16.0 Å². The first-order chi connectivity index (χ1) is 7.31. The molecule has 1 aromatic rings. The molecule has 1 aromatic heterocycles. The highest BCUT2D eigenvalue weighted by atomic mass is 16.5. The molecule has 1 aliphatic rings. The molecule has 0 radical (unpaired) electrons. The predicted octanol–water partition coefficient (Wildman–Crippen LogP) is 2.75. The van der Waals surface area contributed by atoms with E-state index in [0.717, 1.165) is 30.1 Å². The van der Waals surface area contributed by atoms with Crippen LogP contribution in [-0.4, -0.2) is 17.1 Å². The van der Waals surface area contributed by atoms with E-state index < -0.39 is 0 Å². The lowest BCUT2D eigenvalue weighted by molar-refractivity contribution is 0.408.